The summed E-state index contributed by atoms with van der Waals surface area (Å²) in [5, 5.41) is 0. The summed E-state index contributed by atoms with van der Waals surface area (Å²) in [5.41, 5.74) is 13.5. The predicted molar refractivity (Wildman–Crippen MR) is 178 cm³/mol. The van der Waals surface area contributed by atoms with Gasteiger partial charge in [0.15, 0.2) is 0 Å². The number of thioether (sulfide) groups is 1. The van der Waals surface area contributed by atoms with E-state index in [-0.39, 0.29) is 10.8 Å². The molecule has 0 aromatic heterocycles. The van der Waals surface area contributed by atoms with Crippen molar-refractivity contribution in [3.63, 3.8) is 0 Å². The molecule has 44 heavy (non-hydrogen) atoms. The van der Waals surface area contributed by atoms with E-state index >= 15 is 0 Å². The molecule has 0 aliphatic heterocycles. The second-order valence-corrected chi connectivity index (χ2v) is 13.8. The maximum absolute atomic E-state index is 13.0. The first-order chi connectivity index (χ1) is 21.4. The van der Waals surface area contributed by atoms with Gasteiger partial charge in [0.2, 0.25) is 0 Å². The standard InChI is InChI=1S/C33H31N5O3S3/c34-36-37-44(40,41)30-19-15-26(16-20-30)24-38(21-22-42-28-9-2-1-3-10-28)23-25-13-17-29(18-14-25)43-35-33(39)32-12-6-8-27-7-4-5-11-31(27)32/h1-3,5-6,8-20H,4,7,21-24H2,(H,35,39). The van der Waals surface area contributed by atoms with Gasteiger partial charge in [0.1, 0.15) is 0 Å². The highest BCUT2D eigenvalue weighted by Gasteiger charge is 2.16. The van der Waals surface area contributed by atoms with Crippen LogP contribution in [0.4, 0.5) is 0 Å². The molecular formula is C33H31N5O3S3. The molecule has 4 aromatic carbocycles. The van der Waals surface area contributed by atoms with Gasteiger partial charge in [0.05, 0.1) is 4.90 Å². The lowest BCUT2D eigenvalue weighted by Crippen LogP contribution is -2.25. The van der Waals surface area contributed by atoms with Crippen molar-refractivity contribution in [2.45, 2.75) is 40.6 Å². The molecule has 0 heterocycles. The molecule has 0 saturated heterocycles. The van der Waals surface area contributed by atoms with Gasteiger partial charge in [-0.25, -0.2) is 8.42 Å². The highest BCUT2D eigenvalue weighted by atomic mass is 32.2. The van der Waals surface area contributed by atoms with Crippen LogP contribution in [-0.4, -0.2) is 31.5 Å². The molecule has 0 fully saturated rings. The average Bonchev–Trinajstić information content (AvgIpc) is 3.05. The Balaban J connectivity index is 1.22. The number of carbonyl (C=O) groups is 1. The molecule has 1 aliphatic rings. The molecule has 0 radical (unpaired) electrons. The lowest BCUT2D eigenvalue weighted by Gasteiger charge is -2.23. The molecule has 1 N–H and O–H groups in total. The molecule has 11 heteroatoms. The number of fused-ring (bicyclic) bond motifs is 1. The summed E-state index contributed by atoms with van der Waals surface area (Å²) in [5.74, 6) is 0.772. The van der Waals surface area contributed by atoms with Crippen LogP contribution in [0.5, 0.6) is 0 Å². The zero-order valence-corrected chi connectivity index (χ0v) is 26.3. The Kier molecular flexibility index (Phi) is 10.8. The van der Waals surface area contributed by atoms with Crippen LogP contribution < -0.4 is 4.72 Å². The molecule has 1 amide bonds. The highest BCUT2D eigenvalue weighted by molar-refractivity contribution is 7.99. The Morgan fingerprint density at radius 2 is 1.59 bits per heavy atom. The summed E-state index contributed by atoms with van der Waals surface area (Å²) in [6.45, 7) is 2.11. The van der Waals surface area contributed by atoms with Gasteiger partial charge in [-0.3, -0.25) is 14.4 Å². The van der Waals surface area contributed by atoms with Crippen molar-refractivity contribution >= 4 is 45.7 Å². The molecule has 0 atom stereocenters. The SMILES string of the molecule is [N-]=[N+]=NS(=O)(=O)c1ccc(CN(CCSc2ccccc2)Cc2ccc(SNC(=O)c3cccc4c3C=CCC4)cc2)cc1. The third kappa shape index (κ3) is 8.56. The highest BCUT2D eigenvalue weighted by Crippen LogP contribution is 2.25. The van der Waals surface area contributed by atoms with Crippen LogP contribution in [-0.2, 0) is 29.5 Å². The van der Waals surface area contributed by atoms with E-state index in [1.807, 2.05) is 48.5 Å². The molecule has 5 rings (SSSR count). The van der Waals surface area contributed by atoms with Crippen LogP contribution in [0, 0.1) is 0 Å². The van der Waals surface area contributed by atoms with E-state index in [4.69, 9.17) is 5.53 Å². The Morgan fingerprint density at radius 3 is 2.30 bits per heavy atom. The number of azide groups is 1. The molecule has 0 spiro atoms. The van der Waals surface area contributed by atoms with Crippen molar-refractivity contribution in [3.8, 4) is 0 Å². The lowest BCUT2D eigenvalue weighted by atomic mass is 9.93. The summed E-state index contributed by atoms with van der Waals surface area (Å²) >= 11 is 3.09. The van der Waals surface area contributed by atoms with Gasteiger partial charge in [0, 0.05) is 50.2 Å². The van der Waals surface area contributed by atoms with E-state index in [2.05, 4.69) is 55.5 Å². The van der Waals surface area contributed by atoms with Gasteiger partial charge in [-0.1, -0.05) is 66.7 Å². The molecule has 1 aliphatic carbocycles. The number of nitrogens with zero attached hydrogens (tertiary/aromatic N) is 4. The number of rotatable bonds is 13. The van der Waals surface area contributed by atoms with Crippen molar-refractivity contribution in [2.75, 3.05) is 12.3 Å². The van der Waals surface area contributed by atoms with Crippen molar-refractivity contribution in [1.82, 2.24) is 9.62 Å². The van der Waals surface area contributed by atoms with Crippen LogP contribution >= 0.6 is 23.7 Å². The van der Waals surface area contributed by atoms with E-state index < -0.39 is 10.0 Å². The number of sulfonamides is 1. The predicted octanol–water partition coefficient (Wildman–Crippen LogP) is 7.88. The first kappa shape index (κ1) is 31.4. The number of hydrogen-bond donors (Lipinski definition) is 1. The van der Waals surface area contributed by atoms with Gasteiger partial charge in [-0.2, -0.15) is 0 Å². The minimum atomic E-state index is -4.02. The Hall–Kier alpha value is -3.99. The van der Waals surface area contributed by atoms with Gasteiger partial charge in [-0.15, -0.1) is 11.8 Å². The largest absolute Gasteiger partial charge is 0.294 e. The number of carbonyl (C=O) groups excluding carboxylic acids is 1. The van der Waals surface area contributed by atoms with Crippen LogP contribution in [0.2, 0.25) is 0 Å². The van der Waals surface area contributed by atoms with Gasteiger partial charge in [-0.05, 0) is 95.0 Å². The summed E-state index contributed by atoms with van der Waals surface area (Å²) in [6.07, 6.45) is 6.10. The fourth-order valence-corrected chi connectivity index (χ4v) is 7.09. The number of amides is 1. The second-order valence-electron chi connectivity index (χ2n) is 10.2. The molecule has 0 bridgehead atoms. The molecule has 224 valence electrons. The smallest absolute Gasteiger partial charge is 0.264 e. The minimum Gasteiger partial charge on any atom is -0.294 e. The topological polar surface area (TPSA) is 115 Å². The Bertz CT molecular complexity index is 1770. The number of allylic oxidation sites excluding steroid dienone is 1. The van der Waals surface area contributed by atoms with E-state index in [1.165, 1.54) is 34.5 Å². The molecule has 0 unspecified atom stereocenters. The van der Waals surface area contributed by atoms with Crippen molar-refractivity contribution < 1.29 is 13.2 Å². The Labute approximate surface area is 266 Å². The molecule has 8 nitrogen and oxygen atoms in total. The van der Waals surface area contributed by atoms with Crippen LogP contribution in [0.15, 0.2) is 122 Å². The van der Waals surface area contributed by atoms with E-state index in [9.17, 15) is 13.2 Å². The first-order valence-electron chi connectivity index (χ1n) is 14.1. The zero-order chi connectivity index (χ0) is 30.8. The minimum absolute atomic E-state index is 0.0333. The number of benzene rings is 4. The quantitative estimate of drug-likeness (QED) is 0.0522. The van der Waals surface area contributed by atoms with Crippen LogP contribution in [0.3, 0.4) is 0 Å². The van der Waals surface area contributed by atoms with Crippen molar-refractivity contribution in [1.29, 1.82) is 0 Å². The Morgan fingerprint density at radius 1 is 0.886 bits per heavy atom. The number of hydrogen-bond acceptors (Lipinski definition) is 6. The zero-order valence-electron chi connectivity index (χ0n) is 23.9. The van der Waals surface area contributed by atoms with Crippen LogP contribution in [0.1, 0.15) is 39.0 Å². The monoisotopic (exact) mass is 641 g/mol. The number of aryl methyl sites for hydroxylation is 1. The van der Waals surface area contributed by atoms with Gasteiger partial charge >= 0.3 is 0 Å². The summed E-state index contributed by atoms with van der Waals surface area (Å²) < 4.78 is 30.0. The maximum Gasteiger partial charge on any atom is 0.264 e. The third-order valence-electron chi connectivity index (χ3n) is 7.09. The lowest BCUT2D eigenvalue weighted by molar-refractivity contribution is 0.0984. The van der Waals surface area contributed by atoms with Gasteiger partial charge < -0.3 is 0 Å². The maximum atomic E-state index is 13.0. The molecule has 0 saturated carbocycles. The van der Waals surface area contributed by atoms with E-state index in [0.717, 1.165) is 46.7 Å². The first-order valence-corrected chi connectivity index (χ1v) is 17.3. The summed E-state index contributed by atoms with van der Waals surface area (Å²) in [4.78, 5) is 19.8. The molecular weight excluding hydrogens is 611 g/mol. The summed E-state index contributed by atoms with van der Waals surface area (Å²) in [6, 6.07) is 30.7. The van der Waals surface area contributed by atoms with E-state index in [1.54, 1.807) is 23.9 Å². The normalized spacial score (nSPS) is 12.4. The van der Waals surface area contributed by atoms with Gasteiger partial charge in [0.25, 0.3) is 15.9 Å². The average molecular weight is 642 g/mol. The summed E-state index contributed by atoms with van der Waals surface area (Å²) in [7, 11) is -4.02. The fourth-order valence-electron chi connectivity index (χ4n) is 4.89. The second kappa shape index (κ2) is 15.1. The molecule has 4 aromatic rings. The fraction of sp³-hybridized carbons (Fsp3) is 0.182. The third-order valence-corrected chi connectivity index (χ3v) is 10.0. The van der Waals surface area contributed by atoms with E-state index in [0.29, 0.717) is 18.7 Å². The van der Waals surface area contributed by atoms with Crippen molar-refractivity contribution in [3.05, 3.63) is 141 Å². The van der Waals surface area contributed by atoms with Crippen molar-refractivity contribution in [2.24, 2.45) is 4.52 Å². The van der Waals surface area contributed by atoms with Crippen LogP contribution in [0.25, 0.3) is 16.5 Å². The number of nitrogens with one attached hydrogen (secondary N) is 1.